The molecule has 108 valence electrons. The molecule has 0 bridgehead atoms. The zero-order valence-electron chi connectivity index (χ0n) is 12.7. The SMILES string of the molecule is CC1CCC(Nc2nnc(CNC(C)(C)C)o2)C1C. The van der Waals surface area contributed by atoms with Crippen molar-refractivity contribution in [2.45, 2.75) is 65.6 Å². The molecule has 0 spiro atoms. The normalized spacial score (nSPS) is 27.7. The van der Waals surface area contributed by atoms with Crippen LogP contribution in [-0.2, 0) is 6.54 Å². The first-order valence-electron chi connectivity index (χ1n) is 7.19. The lowest BCUT2D eigenvalue weighted by molar-refractivity contribution is 0.380. The Morgan fingerprint density at radius 1 is 1.21 bits per heavy atom. The third-order valence-electron chi connectivity index (χ3n) is 4.01. The Bertz CT molecular complexity index is 410. The minimum absolute atomic E-state index is 0.0530. The minimum atomic E-state index is 0.0530. The highest BCUT2D eigenvalue weighted by Gasteiger charge is 2.30. The molecule has 1 saturated carbocycles. The summed E-state index contributed by atoms with van der Waals surface area (Å²) in [5.74, 6) is 2.06. The van der Waals surface area contributed by atoms with Crippen molar-refractivity contribution >= 4 is 6.01 Å². The molecule has 0 aromatic carbocycles. The fourth-order valence-electron chi connectivity index (χ4n) is 2.45. The maximum atomic E-state index is 5.63. The number of rotatable bonds is 4. The predicted octanol–water partition coefficient (Wildman–Crippen LogP) is 2.80. The smallest absolute Gasteiger partial charge is 0.315 e. The monoisotopic (exact) mass is 266 g/mol. The van der Waals surface area contributed by atoms with E-state index in [9.17, 15) is 0 Å². The van der Waals surface area contributed by atoms with Gasteiger partial charge >= 0.3 is 6.01 Å². The van der Waals surface area contributed by atoms with Crippen molar-refractivity contribution in [1.29, 1.82) is 0 Å². The molecule has 2 N–H and O–H groups in total. The van der Waals surface area contributed by atoms with Crippen LogP contribution < -0.4 is 10.6 Å². The Kier molecular flexibility index (Phi) is 4.13. The van der Waals surface area contributed by atoms with Crippen molar-refractivity contribution < 1.29 is 4.42 Å². The summed E-state index contributed by atoms with van der Waals surface area (Å²) in [6.45, 7) is 11.5. The Balaban J connectivity index is 1.87. The molecule has 1 heterocycles. The average Bonchev–Trinajstić information content (AvgIpc) is 2.88. The Morgan fingerprint density at radius 3 is 2.53 bits per heavy atom. The van der Waals surface area contributed by atoms with E-state index in [4.69, 9.17) is 4.42 Å². The second-order valence-electron chi connectivity index (χ2n) is 6.77. The lowest BCUT2D eigenvalue weighted by Crippen LogP contribution is -2.35. The third-order valence-corrected chi connectivity index (χ3v) is 4.01. The van der Waals surface area contributed by atoms with Crippen molar-refractivity contribution in [2.24, 2.45) is 11.8 Å². The zero-order valence-corrected chi connectivity index (χ0v) is 12.7. The number of anilines is 1. The number of aromatic nitrogens is 2. The molecular formula is C14H26N4O. The Hall–Kier alpha value is -1.10. The largest absolute Gasteiger partial charge is 0.407 e. The quantitative estimate of drug-likeness (QED) is 0.877. The molecule has 2 rings (SSSR count). The second-order valence-corrected chi connectivity index (χ2v) is 6.77. The number of nitrogens with zero attached hydrogens (tertiary/aromatic N) is 2. The molecule has 0 aliphatic heterocycles. The van der Waals surface area contributed by atoms with E-state index in [1.54, 1.807) is 0 Å². The van der Waals surface area contributed by atoms with Crippen molar-refractivity contribution in [1.82, 2.24) is 15.5 Å². The van der Waals surface area contributed by atoms with Crippen LogP contribution in [0.15, 0.2) is 4.42 Å². The molecule has 1 aromatic heterocycles. The predicted molar refractivity (Wildman–Crippen MR) is 75.9 cm³/mol. The first kappa shape index (κ1) is 14.3. The van der Waals surface area contributed by atoms with Gasteiger partial charge in [-0.05, 0) is 45.4 Å². The van der Waals surface area contributed by atoms with Gasteiger partial charge in [0.2, 0.25) is 5.89 Å². The minimum Gasteiger partial charge on any atom is -0.407 e. The lowest BCUT2D eigenvalue weighted by Gasteiger charge is -2.19. The Labute approximate surface area is 115 Å². The standard InChI is InChI=1S/C14H26N4O/c1-9-6-7-11(10(9)2)16-13-18-17-12(19-13)8-15-14(3,4)5/h9-11,15H,6-8H2,1-5H3,(H,16,18). The van der Waals surface area contributed by atoms with E-state index in [1.165, 1.54) is 12.8 Å². The van der Waals surface area contributed by atoms with Crippen LogP contribution in [0, 0.1) is 11.8 Å². The highest BCUT2D eigenvalue weighted by Crippen LogP contribution is 2.32. The molecule has 1 aromatic rings. The van der Waals surface area contributed by atoms with E-state index >= 15 is 0 Å². The summed E-state index contributed by atoms with van der Waals surface area (Å²) in [4.78, 5) is 0. The van der Waals surface area contributed by atoms with E-state index in [1.807, 2.05) is 0 Å². The van der Waals surface area contributed by atoms with E-state index < -0.39 is 0 Å². The third kappa shape index (κ3) is 3.93. The highest BCUT2D eigenvalue weighted by atomic mass is 16.4. The fourth-order valence-corrected chi connectivity index (χ4v) is 2.45. The molecule has 1 aliphatic rings. The first-order valence-corrected chi connectivity index (χ1v) is 7.19. The van der Waals surface area contributed by atoms with Gasteiger partial charge in [0.15, 0.2) is 0 Å². The van der Waals surface area contributed by atoms with Crippen LogP contribution in [-0.4, -0.2) is 21.8 Å². The summed E-state index contributed by atoms with van der Waals surface area (Å²) in [7, 11) is 0. The zero-order chi connectivity index (χ0) is 14.0. The van der Waals surface area contributed by atoms with Gasteiger partial charge in [-0.15, -0.1) is 5.10 Å². The lowest BCUT2D eigenvalue weighted by atomic mass is 9.98. The maximum absolute atomic E-state index is 5.63. The molecule has 5 heteroatoms. The van der Waals surface area contributed by atoms with Gasteiger partial charge in [-0.3, -0.25) is 0 Å². The van der Waals surface area contributed by atoms with Gasteiger partial charge in [0.1, 0.15) is 0 Å². The van der Waals surface area contributed by atoms with Crippen molar-refractivity contribution in [3.05, 3.63) is 5.89 Å². The molecule has 1 fully saturated rings. The van der Waals surface area contributed by atoms with Crippen LogP contribution in [0.1, 0.15) is 53.4 Å². The summed E-state index contributed by atoms with van der Waals surface area (Å²) in [5, 5.41) is 14.8. The molecule has 5 nitrogen and oxygen atoms in total. The summed E-state index contributed by atoms with van der Waals surface area (Å²) >= 11 is 0. The molecule has 19 heavy (non-hydrogen) atoms. The summed E-state index contributed by atoms with van der Waals surface area (Å²) in [5.41, 5.74) is 0.0530. The van der Waals surface area contributed by atoms with Crippen LogP contribution in [0.2, 0.25) is 0 Å². The molecular weight excluding hydrogens is 240 g/mol. The fraction of sp³-hybridized carbons (Fsp3) is 0.857. The van der Waals surface area contributed by atoms with Crippen LogP contribution in [0.3, 0.4) is 0 Å². The summed E-state index contributed by atoms with van der Waals surface area (Å²) in [6.07, 6.45) is 2.45. The first-order chi connectivity index (χ1) is 8.85. The molecule has 3 unspecified atom stereocenters. The van der Waals surface area contributed by atoms with Crippen LogP contribution in [0.4, 0.5) is 6.01 Å². The van der Waals surface area contributed by atoms with E-state index in [-0.39, 0.29) is 5.54 Å². The van der Waals surface area contributed by atoms with Gasteiger partial charge in [0.05, 0.1) is 6.54 Å². The van der Waals surface area contributed by atoms with E-state index in [0.717, 1.165) is 5.92 Å². The number of hydrogen-bond donors (Lipinski definition) is 2. The topological polar surface area (TPSA) is 63.0 Å². The van der Waals surface area contributed by atoms with Gasteiger partial charge in [-0.2, -0.15) is 0 Å². The van der Waals surface area contributed by atoms with Gasteiger partial charge in [-0.1, -0.05) is 18.9 Å². The molecule has 1 aliphatic carbocycles. The Morgan fingerprint density at radius 2 is 1.95 bits per heavy atom. The van der Waals surface area contributed by atoms with Gasteiger partial charge in [-0.25, -0.2) is 0 Å². The van der Waals surface area contributed by atoms with Crippen molar-refractivity contribution in [3.8, 4) is 0 Å². The molecule has 0 amide bonds. The second kappa shape index (κ2) is 5.49. The van der Waals surface area contributed by atoms with Gasteiger partial charge < -0.3 is 15.1 Å². The molecule has 0 radical (unpaired) electrons. The van der Waals surface area contributed by atoms with E-state index in [0.29, 0.717) is 30.4 Å². The molecule has 3 atom stereocenters. The maximum Gasteiger partial charge on any atom is 0.315 e. The van der Waals surface area contributed by atoms with Crippen LogP contribution in [0.5, 0.6) is 0 Å². The van der Waals surface area contributed by atoms with Crippen molar-refractivity contribution in [2.75, 3.05) is 5.32 Å². The highest BCUT2D eigenvalue weighted by molar-refractivity contribution is 5.21. The van der Waals surface area contributed by atoms with E-state index in [2.05, 4.69) is 55.4 Å². The number of nitrogens with one attached hydrogen (secondary N) is 2. The number of hydrogen-bond acceptors (Lipinski definition) is 5. The molecule has 0 saturated heterocycles. The van der Waals surface area contributed by atoms with Gasteiger partial charge in [0.25, 0.3) is 0 Å². The van der Waals surface area contributed by atoms with Gasteiger partial charge in [0, 0.05) is 11.6 Å². The summed E-state index contributed by atoms with van der Waals surface area (Å²) in [6, 6.07) is 1.01. The van der Waals surface area contributed by atoms with Crippen LogP contribution >= 0.6 is 0 Å². The van der Waals surface area contributed by atoms with Crippen LogP contribution in [0.25, 0.3) is 0 Å². The van der Waals surface area contributed by atoms with Crippen molar-refractivity contribution in [3.63, 3.8) is 0 Å². The average molecular weight is 266 g/mol. The summed E-state index contributed by atoms with van der Waals surface area (Å²) < 4.78 is 5.63.